The second-order valence-electron chi connectivity index (χ2n) is 5.14. The molecular weight excluding hydrogens is 274 g/mol. The molecule has 2 rings (SSSR count). The third kappa shape index (κ3) is 3.73. The summed E-state index contributed by atoms with van der Waals surface area (Å²) < 4.78 is 31.8. The molecule has 5 heteroatoms. The molecule has 1 aliphatic rings. The highest BCUT2D eigenvalue weighted by atomic mass is 32.2. The zero-order valence-corrected chi connectivity index (χ0v) is 12.9. The van der Waals surface area contributed by atoms with Crippen LogP contribution in [-0.2, 0) is 10.0 Å². The van der Waals surface area contributed by atoms with Crippen LogP contribution in [0.2, 0.25) is 0 Å². The number of hydrogen-bond donors (Lipinski definition) is 0. The first kappa shape index (κ1) is 15.3. The standard InChI is InChI=1S/C15H23NO3S/c1-2-3-6-13-19-14-7-9-15(10-8-14)20(17,18)16-11-4-5-12-16/h7-10H,2-6,11-13H2,1H3. The summed E-state index contributed by atoms with van der Waals surface area (Å²) in [5.41, 5.74) is 0. The van der Waals surface area contributed by atoms with E-state index in [4.69, 9.17) is 4.74 Å². The summed E-state index contributed by atoms with van der Waals surface area (Å²) in [6.45, 7) is 4.11. The fourth-order valence-electron chi connectivity index (χ4n) is 2.33. The molecule has 20 heavy (non-hydrogen) atoms. The van der Waals surface area contributed by atoms with Crippen molar-refractivity contribution >= 4 is 10.0 Å². The van der Waals surface area contributed by atoms with Crippen molar-refractivity contribution in [1.29, 1.82) is 0 Å². The predicted molar refractivity (Wildman–Crippen MR) is 79.5 cm³/mol. The Morgan fingerprint density at radius 3 is 2.35 bits per heavy atom. The molecule has 1 aliphatic heterocycles. The first-order valence-electron chi connectivity index (χ1n) is 7.37. The Balaban J connectivity index is 1.97. The summed E-state index contributed by atoms with van der Waals surface area (Å²) >= 11 is 0. The lowest BCUT2D eigenvalue weighted by molar-refractivity contribution is 0.306. The van der Waals surface area contributed by atoms with E-state index in [9.17, 15) is 8.42 Å². The number of benzene rings is 1. The Morgan fingerprint density at radius 2 is 1.75 bits per heavy atom. The number of rotatable bonds is 7. The normalized spacial score (nSPS) is 16.4. The second-order valence-corrected chi connectivity index (χ2v) is 7.08. The zero-order valence-electron chi connectivity index (χ0n) is 12.0. The van der Waals surface area contributed by atoms with E-state index >= 15 is 0 Å². The zero-order chi connectivity index (χ0) is 14.4. The third-order valence-electron chi connectivity index (χ3n) is 3.54. The van der Waals surface area contributed by atoms with Crippen LogP contribution < -0.4 is 4.74 Å². The minimum absolute atomic E-state index is 0.361. The van der Waals surface area contributed by atoms with Gasteiger partial charge in [-0.1, -0.05) is 19.8 Å². The SMILES string of the molecule is CCCCCOc1ccc(S(=O)(=O)N2CCCC2)cc1. The molecule has 0 spiro atoms. The molecule has 0 unspecified atom stereocenters. The van der Waals surface area contributed by atoms with Gasteiger partial charge in [0, 0.05) is 13.1 Å². The van der Waals surface area contributed by atoms with Gasteiger partial charge in [-0.25, -0.2) is 8.42 Å². The number of nitrogens with zero attached hydrogens (tertiary/aromatic N) is 1. The van der Waals surface area contributed by atoms with Crippen molar-refractivity contribution in [2.75, 3.05) is 19.7 Å². The van der Waals surface area contributed by atoms with Crippen molar-refractivity contribution in [2.24, 2.45) is 0 Å². The van der Waals surface area contributed by atoms with Gasteiger partial charge in [-0.15, -0.1) is 0 Å². The third-order valence-corrected chi connectivity index (χ3v) is 5.46. The molecule has 1 aromatic carbocycles. The molecule has 1 aromatic rings. The number of unbranched alkanes of at least 4 members (excludes halogenated alkanes) is 2. The van der Waals surface area contributed by atoms with Gasteiger partial charge in [0.1, 0.15) is 5.75 Å². The molecular formula is C15H23NO3S. The summed E-state index contributed by atoms with van der Waals surface area (Å²) in [4.78, 5) is 0.361. The van der Waals surface area contributed by atoms with Crippen LogP contribution in [-0.4, -0.2) is 32.4 Å². The highest BCUT2D eigenvalue weighted by molar-refractivity contribution is 7.89. The van der Waals surface area contributed by atoms with Crippen molar-refractivity contribution in [2.45, 2.75) is 43.9 Å². The van der Waals surface area contributed by atoms with Crippen LogP contribution in [0.15, 0.2) is 29.2 Å². The van der Waals surface area contributed by atoms with Gasteiger partial charge < -0.3 is 4.74 Å². The summed E-state index contributed by atoms with van der Waals surface area (Å²) in [6.07, 6.45) is 5.26. The van der Waals surface area contributed by atoms with Crippen molar-refractivity contribution in [1.82, 2.24) is 4.31 Å². The van der Waals surface area contributed by atoms with Gasteiger partial charge in [0.2, 0.25) is 10.0 Å². The molecule has 0 N–H and O–H groups in total. The summed E-state index contributed by atoms with van der Waals surface area (Å²) in [5.74, 6) is 0.737. The fourth-order valence-corrected chi connectivity index (χ4v) is 3.84. The van der Waals surface area contributed by atoms with Gasteiger partial charge in [0.05, 0.1) is 11.5 Å². The lowest BCUT2D eigenvalue weighted by atomic mass is 10.3. The number of ether oxygens (including phenoxy) is 1. The Kier molecular flexibility index (Phi) is 5.43. The molecule has 0 bridgehead atoms. The molecule has 0 radical (unpaired) electrons. The van der Waals surface area contributed by atoms with Crippen molar-refractivity contribution in [3.8, 4) is 5.75 Å². The molecule has 0 aliphatic carbocycles. The van der Waals surface area contributed by atoms with Crippen molar-refractivity contribution < 1.29 is 13.2 Å². The molecule has 0 amide bonds. The van der Waals surface area contributed by atoms with Gasteiger partial charge in [0.25, 0.3) is 0 Å². The molecule has 1 heterocycles. The van der Waals surface area contributed by atoms with Gasteiger partial charge in [0.15, 0.2) is 0 Å². The molecule has 0 saturated carbocycles. The highest BCUT2D eigenvalue weighted by Crippen LogP contribution is 2.22. The van der Waals surface area contributed by atoms with E-state index in [0.29, 0.717) is 24.6 Å². The molecule has 4 nitrogen and oxygen atoms in total. The maximum Gasteiger partial charge on any atom is 0.243 e. The van der Waals surface area contributed by atoms with E-state index < -0.39 is 10.0 Å². The fraction of sp³-hybridized carbons (Fsp3) is 0.600. The maximum atomic E-state index is 12.3. The summed E-state index contributed by atoms with van der Waals surface area (Å²) in [6, 6.07) is 6.77. The monoisotopic (exact) mass is 297 g/mol. The molecule has 0 aromatic heterocycles. The Hall–Kier alpha value is -1.07. The Bertz CT molecular complexity index is 504. The average Bonchev–Trinajstić information content (AvgIpc) is 2.99. The first-order chi connectivity index (χ1) is 9.64. The average molecular weight is 297 g/mol. The lowest BCUT2D eigenvalue weighted by Gasteiger charge is -2.15. The van der Waals surface area contributed by atoms with Crippen LogP contribution in [0, 0.1) is 0 Å². The van der Waals surface area contributed by atoms with Gasteiger partial charge in [-0.3, -0.25) is 0 Å². The van der Waals surface area contributed by atoms with Crippen LogP contribution in [0.1, 0.15) is 39.0 Å². The quantitative estimate of drug-likeness (QED) is 0.727. The van der Waals surface area contributed by atoms with Crippen LogP contribution >= 0.6 is 0 Å². The van der Waals surface area contributed by atoms with E-state index in [1.165, 1.54) is 0 Å². The van der Waals surface area contributed by atoms with Crippen LogP contribution in [0.4, 0.5) is 0 Å². The smallest absolute Gasteiger partial charge is 0.243 e. The second kappa shape index (κ2) is 7.09. The van der Waals surface area contributed by atoms with Crippen LogP contribution in [0.5, 0.6) is 5.75 Å². The molecule has 1 saturated heterocycles. The van der Waals surface area contributed by atoms with E-state index in [1.807, 2.05) is 0 Å². The molecule has 112 valence electrons. The highest BCUT2D eigenvalue weighted by Gasteiger charge is 2.26. The van der Waals surface area contributed by atoms with Gasteiger partial charge in [-0.05, 0) is 43.5 Å². The minimum atomic E-state index is -3.31. The van der Waals surface area contributed by atoms with Crippen LogP contribution in [0.25, 0.3) is 0 Å². The Labute approximate surface area is 121 Å². The minimum Gasteiger partial charge on any atom is -0.494 e. The number of sulfonamides is 1. The summed E-state index contributed by atoms with van der Waals surface area (Å²) in [7, 11) is -3.31. The lowest BCUT2D eigenvalue weighted by Crippen LogP contribution is -2.27. The van der Waals surface area contributed by atoms with E-state index in [0.717, 1.165) is 37.9 Å². The molecule has 1 fully saturated rings. The predicted octanol–water partition coefficient (Wildman–Crippen LogP) is 3.04. The van der Waals surface area contributed by atoms with Gasteiger partial charge in [-0.2, -0.15) is 4.31 Å². The van der Waals surface area contributed by atoms with Crippen molar-refractivity contribution in [3.05, 3.63) is 24.3 Å². The van der Waals surface area contributed by atoms with E-state index in [-0.39, 0.29) is 0 Å². The van der Waals surface area contributed by atoms with Crippen molar-refractivity contribution in [3.63, 3.8) is 0 Å². The largest absolute Gasteiger partial charge is 0.494 e. The molecule has 0 atom stereocenters. The maximum absolute atomic E-state index is 12.3. The first-order valence-corrected chi connectivity index (χ1v) is 8.81. The number of hydrogen-bond acceptors (Lipinski definition) is 3. The van der Waals surface area contributed by atoms with Gasteiger partial charge >= 0.3 is 0 Å². The van der Waals surface area contributed by atoms with E-state index in [2.05, 4.69) is 6.92 Å². The topological polar surface area (TPSA) is 46.6 Å². The van der Waals surface area contributed by atoms with Crippen LogP contribution in [0.3, 0.4) is 0 Å². The summed E-state index contributed by atoms with van der Waals surface area (Å²) in [5, 5.41) is 0. The van der Waals surface area contributed by atoms with E-state index in [1.54, 1.807) is 28.6 Å². The Morgan fingerprint density at radius 1 is 1.10 bits per heavy atom.